The van der Waals surface area contributed by atoms with Gasteiger partial charge in [-0.1, -0.05) is 13.8 Å². The molecular weight excluding hydrogens is 294 g/mol. The first-order valence-electron chi connectivity index (χ1n) is 6.71. The van der Waals surface area contributed by atoms with Gasteiger partial charge in [0.15, 0.2) is 5.13 Å². The summed E-state index contributed by atoms with van der Waals surface area (Å²) < 4.78 is 22.5. The number of hydrogen-bond donors (Lipinski definition) is 1. The van der Waals surface area contributed by atoms with Crippen LogP contribution < -0.4 is 10.6 Å². The minimum Gasteiger partial charge on any atom is -0.350 e. The standard InChI is InChI=1S/C13H23N3O2S2/c1-13(2)7-9(14)11-10(8-13)15-12(19-11)16(3)5-6-20(4,17)18/h9H,5-8,14H2,1-4H3. The number of thiazole rings is 1. The van der Waals surface area contributed by atoms with Crippen LogP contribution in [0.4, 0.5) is 5.13 Å². The van der Waals surface area contributed by atoms with Gasteiger partial charge >= 0.3 is 0 Å². The molecule has 1 aliphatic carbocycles. The molecule has 1 aromatic heterocycles. The zero-order valence-electron chi connectivity index (χ0n) is 12.5. The van der Waals surface area contributed by atoms with Crippen LogP contribution in [0.15, 0.2) is 0 Å². The maximum atomic E-state index is 11.2. The predicted molar refractivity (Wildman–Crippen MR) is 84.1 cm³/mol. The summed E-state index contributed by atoms with van der Waals surface area (Å²) in [6.07, 6.45) is 3.16. The molecule has 0 amide bonds. The van der Waals surface area contributed by atoms with E-state index in [1.807, 2.05) is 11.9 Å². The van der Waals surface area contributed by atoms with E-state index in [0.29, 0.717) is 6.54 Å². The number of aromatic nitrogens is 1. The van der Waals surface area contributed by atoms with Gasteiger partial charge in [-0.05, 0) is 18.3 Å². The largest absolute Gasteiger partial charge is 0.350 e. The first-order chi connectivity index (χ1) is 9.07. The molecule has 2 N–H and O–H groups in total. The molecule has 5 nitrogen and oxygen atoms in total. The van der Waals surface area contributed by atoms with Gasteiger partial charge < -0.3 is 10.6 Å². The molecular formula is C13H23N3O2S2. The summed E-state index contributed by atoms with van der Waals surface area (Å²) >= 11 is 1.60. The Labute approximate surface area is 125 Å². The van der Waals surface area contributed by atoms with Crippen LogP contribution in [0.25, 0.3) is 0 Å². The number of anilines is 1. The van der Waals surface area contributed by atoms with E-state index in [4.69, 9.17) is 5.73 Å². The lowest BCUT2D eigenvalue weighted by atomic mass is 9.77. The third-order valence-corrected chi connectivity index (χ3v) is 5.86. The van der Waals surface area contributed by atoms with Gasteiger partial charge in [0.05, 0.1) is 11.4 Å². The second-order valence-electron chi connectivity index (χ2n) is 6.51. The van der Waals surface area contributed by atoms with E-state index in [-0.39, 0.29) is 17.2 Å². The number of fused-ring (bicyclic) bond motifs is 1. The summed E-state index contributed by atoms with van der Waals surface area (Å²) in [5, 5.41) is 0.867. The summed E-state index contributed by atoms with van der Waals surface area (Å²) in [6.45, 7) is 4.88. The monoisotopic (exact) mass is 317 g/mol. The van der Waals surface area contributed by atoms with Crippen molar-refractivity contribution in [1.82, 2.24) is 4.98 Å². The van der Waals surface area contributed by atoms with Gasteiger partial charge in [-0.15, -0.1) is 11.3 Å². The van der Waals surface area contributed by atoms with E-state index in [0.717, 1.165) is 28.5 Å². The molecule has 2 rings (SSSR count). The number of sulfone groups is 1. The van der Waals surface area contributed by atoms with Crippen LogP contribution in [0.3, 0.4) is 0 Å². The van der Waals surface area contributed by atoms with Crippen LogP contribution in [0, 0.1) is 5.41 Å². The van der Waals surface area contributed by atoms with Crippen molar-refractivity contribution in [1.29, 1.82) is 0 Å². The molecule has 0 spiro atoms. The van der Waals surface area contributed by atoms with Crippen LogP contribution in [0.5, 0.6) is 0 Å². The molecule has 0 aromatic carbocycles. The highest BCUT2D eigenvalue weighted by molar-refractivity contribution is 7.90. The van der Waals surface area contributed by atoms with Gasteiger partial charge in [0, 0.05) is 30.8 Å². The highest BCUT2D eigenvalue weighted by atomic mass is 32.2. The Balaban J connectivity index is 2.16. The zero-order chi connectivity index (χ0) is 15.1. The Kier molecular flexibility index (Phi) is 4.15. The first kappa shape index (κ1) is 15.7. The molecule has 0 saturated carbocycles. The molecule has 1 heterocycles. The molecule has 0 fully saturated rings. The fourth-order valence-electron chi connectivity index (χ4n) is 2.54. The van der Waals surface area contributed by atoms with Gasteiger partial charge in [-0.2, -0.15) is 0 Å². The maximum absolute atomic E-state index is 11.2. The summed E-state index contributed by atoms with van der Waals surface area (Å²) in [7, 11) is -1.07. The van der Waals surface area contributed by atoms with Crippen molar-refractivity contribution in [2.75, 3.05) is 30.5 Å². The number of nitrogens with zero attached hydrogens (tertiary/aromatic N) is 2. The van der Waals surface area contributed by atoms with Crippen LogP contribution in [0.2, 0.25) is 0 Å². The lowest BCUT2D eigenvalue weighted by Crippen LogP contribution is -2.28. The van der Waals surface area contributed by atoms with E-state index in [2.05, 4.69) is 18.8 Å². The quantitative estimate of drug-likeness (QED) is 0.913. The minimum atomic E-state index is -2.95. The minimum absolute atomic E-state index is 0.0447. The highest BCUT2D eigenvalue weighted by Crippen LogP contribution is 2.43. The van der Waals surface area contributed by atoms with Crippen molar-refractivity contribution in [2.24, 2.45) is 11.1 Å². The first-order valence-corrected chi connectivity index (χ1v) is 9.59. The molecule has 1 aliphatic rings. The van der Waals surface area contributed by atoms with E-state index < -0.39 is 9.84 Å². The van der Waals surface area contributed by atoms with Gasteiger partial charge in [-0.3, -0.25) is 0 Å². The van der Waals surface area contributed by atoms with Crippen LogP contribution in [-0.4, -0.2) is 39.0 Å². The van der Waals surface area contributed by atoms with Crippen LogP contribution in [-0.2, 0) is 16.3 Å². The summed E-state index contributed by atoms with van der Waals surface area (Å²) in [4.78, 5) is 7.73. The van der Waals surface area contributed by atoms with Crippen molar-refractivity contribution in [3.63, 3.8) is 0 Å². The Morgan fingerprint density at radius 2 is 2.15 bits per heavy atom. The van der Waals surface area contributed by atoms with Crippen molar-refractivity contribution in [3.8, 4) is 0 Å². The topological polar surface area (TPSA) is 76.3 Å². The highest BCUT2D eigenvalue weighted by Gasteiger charge is 2.33. The Bertz CT molecular complexity index is 593. The predicted octanol–water partition coefficient (Wildman–Crippen LogP) is 1.60. The smallest absolute Gasteiger partial charge is 0.185 e. The third kappa shape index (κ3) is 3.71. The molecule has 7 heteroatoms. The molecule has 0 saturated heterocycles. The van der Waals surface area contributed by atoms with Crippen molar-refractivity contribution >= 4 is 26.3 Å². The molecule has 0 bridgehead atoms. The maximum Gasteiger partial charge on any atom is 0.185 e. The van der Waals surface area contributed by atoms with Gasteiger partial charge in [-0.25, -0.2) is 13.4 Å². The van der Waals surface area contributed by atoms with Gasteiger partial charge in [0.2, 0.25) is 0 Å². The van der Waals surface area contributed by atoms with E-state index in [1.54, 1.807) is 11.3 Å². The van der Waals surface area contributed by atoms with Gasteiger partial charge in [0.25, 0.3) is 0 Å². The van der Waals surface area contributed by atoms with Crippen LogP contribution >= 0.6 is 11.3 Å². The van der Waals surface area contributed by atoms with Crippen molar-refractivity contribution in [2.45, 2.75) is 32.7 Å². The SMILES string of the molecule is CN(CCS(C)(=O)=O)c1nc2c(s1)C(N)CC(C)(C)C2. The Morgan fingerprint density at radius 3 is 2.75 bits per heavy atom. The average molecular weight is 317 g/mol. The lowest BCUT2D eigenvalue weighted by Gasteiger charge is -2.32. The summed E-state index contributed by atoms with van der Waals surface area (Å²) in [5.41, 5.74) is 7.50. The third-order valence-electron chi connectivity index (χ3n) is 3.60. The summed E-state index contributed by atoms with van der Waals surface area (Å²) in [6, 6.07) is 0.0447. The van der Waals surface area contributed by atoms with Crippen molar-refractivity contribution < 1.29 is 8.42 Å². The van der Waals surface area contributed by atoms with Crippen LogP contribution in [0.1, 0.15) is 36.9 Å². The summed E-state index contributed by atoms with van der Waals surface area (Å²) in [5.74, 6) is 0.144. The second kappa shape index (κ2) is 5.27. The fourth-order valence-corrected chi connectivity index (χ4v) is 4.22. The average Bonchev–Trinajstić information content (AvgIpc) is 2.67. The van der Waals surface area contributed by atoms with E-state index in [1.165, 1.54) is 6.26 Å². The number of nitrogens with two attached hydrogens (primary N) is 1. The molecule has 1 atom stereocenters. The Hall–Kier alpha value is -0.660. The normalized spacial score (nSPS) is 21.6. The number of hydrogen-bond acceptors (Lipinski definition) is 6. The fraction of sp³-hybridized carbons (Fsp3) is 0.769. The second-order valence-corrected chi connectivity index (χ2v) is 9.78. The van der Waals surface area contributed by atoms with E-state index in [9.17, 15) is 8.42 Å². The molecule has 114 valence electrons. The molecule has 0 aliphatic heterocycles. The number of rotatable bonds is 4. The lowest BCUT2D eigenvalue weighted by molar-refractivity contribution is 0.282. The van der Waals surface area contributed by atoms with Crippen molar-refractivity contribution in [3.05, 3.63) is 10.6 Å². The molecule has 1 aromatic rings. The molecule has 20 heavy (non-hydrogen) atoms. The molecule has 0 radical (unpaired) electrons. The zero-order valence-corrected chi connectivity index (χ0v) is 14.1. The van der Waals surface area contributed by atoms with Gasteiger partial charge in [0.1, 0.15) is 9.84 Å². The molecule has 1 unspecified atom stereocenters. The Morgan fingerprint density at radius 1 is 1.50 bits per heavy atom. The van der Waals surface area contributed by atoms with E-state index >= 15 is 0 Å².